The topological polar surface area (TPSA) is 97.1 Å². The molecule has 1 heterocycles. The summed E-state index contributed by atoms with van der Waals surface area (Å²) in [6.07, 6.45) is 6.30. The van der Waals surface area contributed by atoms with Gasteiger partial charge in [0.1, 0.15) is 4.90 Å². The molecule has 0 aromatic carbocycles. The zero-order valence-corrected chi connectivity index (χ0v) is 13.5. The van der Waals surface area contributed by atoms with E-state index in [9.17, 15) is 8.42 Å². The fourth-order valence-corrected chi connectivity index (χ4v) is 4.21. The van der Waals surface area contributed by atoms with Gasteiger partial charge in [-0.05, 0) is 37.7 Å². The highest BCUT2D eigenvalue weighted by molar-refractivity contribution is 7.89. The van der Waals surface area contributed by atoms with E-state index < -0.39 is 10.0 Å². The highest BCUT2D eigenvalue weighted by Crippen LogP contribution is 2.28. The van der Waals surface area contributed by atoms with Crippen molar-refractivity contribution in [3.63, 3.8) is 0 Å². The molecule has 0 spiro atoms. The number of anilines is 1. The first-order valence-electron chi connectivity index (χ1n) is 7.10. The average molecular weight is 333 g/mol. The quantitative estimate of drug-likeness (QED) is 0.567. The number of pyridine rings is 1. The molecule has 0 radical (unpaired) electrons. The molecule has 0 unspecified atom stereocenters. The van der Waals surface area contributed by atoms with Gasteiger partial charge in [-0.1, -0.05) is 24.9 Å². The first-order chi connectivity index (χ1) is 9.96. The lowest BCUT2D eigenvalue weighted by molar-refractivity contribution is 0.306. The minimum absolute atomic E-state index is 0.0103. The number of nitrogen functional groups attached to an aromatic ring is 1. The molecule has 0 atom stereocenters. The third kappa shape index (κ3) is 4.06. The lowest BCUT2D eigenvalue weighted by atomic mass is 9.85. The summed E-state index contributed by atoms with van der Waals surface area (Å²) in [5.74, 6) is 6.19. The lowest BCUT2D eigenvalue weighted by Gasteiger charge is -2.28. The molecule has 0 bridgehead atoms. The SMILES string of the molecule is CCC1CCC(NS(=O)(=O)c2cnc(NN)c(Cl)c2)CC1. The smallest absolute Gasteiger partial charge is 0.242 e. The van der Waals surface area contributed by atoms with E-state index in [4.69, 9.17) is 17.4 Å². The second-order valence-corrected chi connectivity index (χ2v) is 7.51. The molecule has 21 heavy (non-hydrogen) atoms. The number of halogens is 1. The Morgan fingerprint density at radius 3 is 2.57 bits per heavy atom. The van der Waals surface area contributed by atoms with Gasteiger partial charge in [-0.25, -0.2) is 24.0 Å². The second-order valence-electron chi connectivity index (χ2n) is 5.39. The van der Waals surface area contributed by atoms with Crippen LogP contribution in [0.2, 0.25) is 5.02 Å². The van der Waals surface area contributed by atoms with Crippen LogP contribution in [0.15, 0.2) is 17.2 Å². The number of hydrogen-bond donors (Lipinski definition) is 3. The number of aromatic nitrogens is 1. The fourth-order valence-electron chi connectivity index (χ4n) is 2.65. The fraction of sp³-hybridized carbons (Fsp3) is 0.615. The molecule has 0 amide bonds. The Labute approximate surface area is 130 Å². The van der Waals surface area contributed by atoms with E-state index in [-0.39, 0.29) is 21.8 Å². The van der Waals surface area contributed by atoms with Crippen LogP contribution in [0.3, 0.4) is 0 Å². The molecule has 1 aliphatic carbocycles. The number of rotatable bonds is 5. The van der Waals surface area contributed by atoms with Crippen molar-refractivity contribution in [2.24, 2.45) is 11.8 Å². The van der Waals surface area contributed by atoms with Gasteiger partial charge in [-0.3, -0.25) is 0 Å². The molecule has 0 aliphatic heterocycles. The van der Waals surface area contributed by atoms with Gasteiger partial charge in [0, 0.05) is 12.2 Å². The summed E-state index contributed by atoms with van der Waals surface area (Å²) in [6.45, 7) is 2.18. The maximum Gasteiger partial charge on any atom is 0.242 e. The highest BCUT2D eigenvalue weighted by atomic mass is 35.5. The Morgan fingerprint density at radius 1 is 1.38 bits per heavy atom. The minimum Gasteiger partial charge on any atom is -0.307 e. The van der Waals surface area contributed by atoms with Crippen LogP contribution in [0.5, 0.6) is 0 Å². The van der Waals surface area contributed by atoms with Gasteiger partial charge in [0.25, 0.3) is 0 Å². The van der Waals surface area contributed by atoms with E-state index in [1.165, 1.54) is 12.3 Å². The number of sulfonamides is 1. The minimum atomic E-state index is -3.60. The van der Waals surface area contributed by atoms with Crippen LogP contribution < -0.4 is 16.0 Å². The summed E-state index contributed by atoms with van der Waals surface area (Å²) in [5.41, 5.74) is 2.31. The molecule has 1 aromatic rings. The number of nitrogens with one attached hydrogen (secondary N) is 2. The van der Waals surface area contributed by atoms with Crippen LogP contribution in [0.4, 0.5) is 5.82 Å². The normalized spacial score (nSPS) is 23.0. The molecule has 1 fully saturated rings. The third-order valence-corrected chi connectivity index (χ3v) is 5.78. The molecule has 1 aliphatic rings. The first-order valence-corrected chi connectivity index (χ1v) is 8.97. The van der Waals surface area contributed by atoms with Crippen LogP contribution in [0.1, 0.15) is 39.0 Å². The summed E-state index contributed by atoms with van der Waals surface area (Å²) >= 11 is 5.92. The van der Waals surface area contributed by atoms with Crippen molar-refractivity contribution in [3.8, 4) is 0 Å². The van der Waals surface area contributed by atoms with Crippen molar-refractivity contribution in [2.45, 2.75) is 50.0 Å². The second kappa shape index (κ2) is 6.91. The van der Waals surface area contributed by atoms with Gasteiger partial charge in [0.2, 0.25) is 10.0 Å². The first kappa shape index (κ1) is 16.5. The summed E-state index contributed by atoms with van der Waals surface area (Å²) < 4.78 is 27.4. The Hall–Kier alpha value is -0.890. The molecule has 6 nitrogen and oxygen atoms in total. The number of hydrogen-bond acceptors (Lipinski definition) is 5. The number of hydrazine groups is 1. The van der Waals surface area contributed by atoms with Crippen LogP contribution in [-0.2, 0) is 10.0 Å². The van der Waals surface area contributed by atoms with Crippen molar-refractivity contribution < 1.29 is 8.42 Å². The van der Waals surface area contributed by atoms with Crippen molar-refractivity contribution in [3.05, 3.63) is 17.3 Å². The predicted octanol–water partition coefficient (Wildman–Crippen LogP) is 2.27. The molecule has 0 saturated heterocycles. The Morgan fingerprint density at radius 2 is 2.05 bits per heavy atom. The number of nitrogens with zero attached hydrogens (tertiary/aromatic N) is 1. The Balaban J connectivity index is 2.07. The molecular weight excluding hydrogens is 312 g/mol. The number of nitrogens with two attached hydrogens (primary N) is 1. The summed E-state index contributed by atoms with van der Waals surface area (Å²) in [7, 11) is -3.60. The lowest BCUT2D eigenvalue weighted by Crippen LogP contribution is -2.37. The van der Waals surface area contributed by atoms with Gasteiger partial charge >= 0.3 is 0 Å². The molecule has 118 valence electrons. The third-order valence-electron chi connectivity index (χ3n) is 4.01. The van der Waals surface area contributed by atoms with Gasteiger partial charge < -0.3 is 5.43 Å². The van der Waals surface area contributed by atoms with Crippen molar-refractivity contribution in [1.29, 1.82) is 0 Å². The Bertz CT molecular complexity index is 586. The van der Waals surface area contributed by atoms with Crippen molar-refractivity contribution >= 4 is 27.4 Å². The van der Waals surface area contributed by atoms with Gasteiger partial charge in [-0.15, -0.1) is 0 Å². The molecule has 1 saturated carbocycles. The maximum atomic E-state index is 12.3. The van der Waals surface area contributed by atoms with Crippen LogP contribution in [-0.4, -0.2) is 19.4 Å². The summed E-state index contributed by atoms with van der Waals surface area (Å²) in [4.78, 5) is 3.95. The van der Waals surface area contributed by atoms with Gasteiger partial charge in [-0.2, -0.15) is 0 Å². The summed E-state index contributed by atoms with van der Waals surface area (Å²) in [6, 6.07) is 1.34. The monoisotopic (exact) mass is 332 g/mol. The van der Waals surface area contributed by atoms with E-state index >= 15 is 0 Å². The van der Waals surface area contributed by atoms with E-state index in [2.05, 4.69) is 22.1 Å². The predicted molar refractivity (Wildman–Crippen MR) is 83.4 cm³/mol. The zero-order chi connectivity index (χ0) is 15.5. The molecule has 2 rings (SSSR count). The molecule has 8 heteroatoms. The highest BCUT2D eigenvalue weighted by Gasteiger charge is 2.25. The van der Waals surface area contributed by atoms with E-state index in [0.717, 1.165) is 38.0 Å². The maximum absolute atomic E-state index is 12.3. The van der Waals surface area contributed by atoms with E-state index in [1.54, 1.807) is 0 Å². The van der Waals surface area contributed by atoms with Crippen LogP contribution >= 0.6 is 11.6 Å². The molecule has 4 N–H and O–H groups in total. The standard InChI is InChI=1S/C13H21ClN4O2S/c1-2-9-3-5-10(6-4-9)18-21(19,20)11-7-12(14)13(17-15)16-8-11/h7-10,18H,2-6,15H2,1H3,(H,16,17). The Kier molecular flexibility index (Phi) is 5.43. The van der Waals surface area contributed by atoms with Gasteiger partial charge in [0.15, 0.2) is 5.82 Å². The van der Waals surface area contributed by atoms with E-state index in [0.29, 0.717) is 0 Å². The van der Waals surface area contributed by atoms with Gasteiger partial charge in [0.05, 0.1) is 5.02 Å². The van der Waals surface area contributed by atoms with Crippen molar-refractivity contribution in [2.75, 3.05) is 5.43 Å². The molecular formula is C13H21ClN4O2S. The van der Waals surface area contributed by atoms with Crippen LogP contribution in [0, 0.1) is 5.92 Å². The largest absolute Gasteiger partial charge is 0.307 e. The van der Waals surface area contributed by atoms with Crippen LogP contribution in [0.25, 0.3) is 0 Å². The van der Waals surface area contributed by atoms with E-state index in [1.807, 2.05) is 0 Å². The summed E-state index contributed by atoms with van der Waals surface area (Å²) in [5, 5.41) is 0.176. The van der Waals surface area contributed by atoms with Crippen molar-refractivity contribution in [1.82, 2.24) is 9.71 Å². The average Bonchev–Trinajstić information content (AvgIpc) is 2.47. The zero-order valence-electron chi connectivity index (χ0n) is 12.0. The molecule has 1 aromatic heterocycles.